The van der Waals surface area contributed by atoms with Gasteiger partial charge in [0.05, 0.1) is 25.6 Å². The third kappa shape index (κ3) is 11.8. The summed E-state index contributed by atoms with van der Waals surface area (Å²) in [5, 5.41) is 2.17. The molecule has 2 aliphatic heterocycles. The van der Waals surface area contributed by atoms with E-state index in [1.165, 1.54) is 11.8 Å². The van der Waals surface area contributed by atoms with Gasteiger partial charge in [0.2, 0.25) is 0 Å². The molecule has 2 aliphatic rings. The lowest BCUT2D eigenvalue weighted by Crippen LogP contribution is -2.72. The summed E-state index contributed by atoms with van der Waals surface area (Å²) in [5.74, 6) is -0.180. The first-order chi connectivity index (χ1) is 26.2. The van der Waals surface area contributed by atoms with Gasteiger partial charge in [0.1, 0.15) is 41.0 Å². The summed E-state index contributed by atoms with van der Waals surface area (Å²) in [7, 11) is 3.20. The molecule has 2 amide bonds. The summed E-state index contributed by atoms with van der Waals surface area (Å²) in [6, 6.07) is 15.4. The highest BCUT2D eigenvalue weighted by atomic mass is 32.2. The second-order valence-electron chi connectivity index (χ2n) is 13.9. The van der Waals surface area contributed by atoms with Gasteiger partial charge in [-0.3, -0.25) is 19.3 Å². The Hall–Kier alpha value is -3.31. The van der Waals surface area contributed by atoms with Crippen LogP contribution in [0.2, 0.25) is 0 Å². The molecule has 11 nitrogen and oxygen atoms in total. The molecule has 2 fully saturated rings. The van der Waals surface area contributed by atoms with Gasteiger partial charge in [0.25, 0.3) is 11.8 Å². The molecule has 2 aromatic rings. The second kappa shape index (κ2) is 22.3. The SMILES string of the molecule is CCCCP(CCCC)(CCCC)=C(C(=O)OCc1ccc(OC)cc1)N1C(=O)[C@@H](NC(=O)COc2ccccc2)[C@H]1SCC(=O)C1CCC(COC)O1. The van der Waals surface area contributed by atoms with E-state index in [0.29, 0.717) is 29.9 Å². The molecule has 0 radical (unpaired) electrons. The molecule has 0 spiro atoms. The van der Waals surface area contributed by atoms with Crippen LogP contribution in [-0.2, 0) is 40.0 Å². The van der Waals surface area contributed by atoms with Crippen molar-refractivity contribution in [1.29, 1.82) is 0 Å². The average Bonchev–Trinajstić information content (AvgIpc) is 3.67. The van der Waals surface area contributed by atoms with Gasteiger partial charge < -0.3 is 29.0 Å². The van der Waals surface area contributed by atoms with Crippen molar-refractivity contribution in [3.05, 3.63) is 60.2 Å². The molecule has 0 aromatic heterocycles. The zero-order valence-corrected chi connectivity index (χ0v) is 34.3. The minimum atomic E-state index is -2.29. The van der Waals surface area contributed by atoms with E-state index in [1.807, 2.05) is 42.5 Å². The van der Waals surface area contributed by atoms with Gasteiger partial charge >= 0.3 is 5.97 Å². The van der Waals surface area contributed by atoms with E-state index in [2.05, 4.69) is 26.1 Å². The Labute approximate surface area is 325 Å². The van der Waals surface area contributed by atoms with E-state index in [4.69, 9.17) is 23.7 Å². The number of thioether (sulfide) groups is 1. The van der Waals surface area contributed by atoms with Crippen molar-refractivity contribution in [1.82, 2.24) is 10.2 Å². The number of carbonyl (C=O) groups is 4. The fourth-order valence-corrected chi connectivity index (χ4v) is 13.4. The Kier molecular flexibility index (Phi) is 17.9. The molecule has 0 aliphatic carbocycles. The molecule has 4 rings (SSSR count). The Morgan fingerprint density at radius 2 is 1.54 bits per heavy atom. The summed E-state index contributed by atoms with van der Waals surface area (Å²) >= 11 is 1.27. The number of unbranched alkanes of at least 4 members (excludes halogenated alkanes) is 3. The Balaban J connectivity index is 1.71. The van der Waals surface area contributed by atoms with Gasteiger partial charge in [-0.2, -0.15) is 0 Å². The van der Waals surface area contributed by atoms with E-state index in [-0.39, 0.29) is 36.8 Å². The molecule has 54 heavy (non-hydrogen) atoms. The molecule has 0 bridgehead atoms. The number of para-hydroxylation sites is 1. The lowest BCUT2D eigenvalue weighted by atomic mass is 10.1. The van der Waals surface area contributed by atoms with Crippen LogP contribution in [0.4, 0.5) is 0 Å². The number of hydrogen-bond donors (Lipinski definition) is 1. The number of ether oxygens (including phenoxy) is 5. The smallest absolute Gasteiger partial charge is 0.355 e. The minimum absolute atomic E-state index is 0.0264. The third-order valence-electron chi connectivity index (χ3n) is 9.90. The molecule has 1 N–H and O–H groups in total. The standard InChI is InChI=1S/C41H59N2O9PS/c1-6-9-23-53(24-10-7-2,25-11-8-3)39(41(47)51-26-30-17-19-31(49-5)20-18-30)43-38(46)37(42-36(45)28-50-32-15-13-12-14-16-32)40(43)54-29-34(44)35-22-21-33(52-35)27-48-4/h12-20,33,35,37,40H,6-11,21-29H2,1-5H3,(H,42,45)/t33?,35?,37-,40-/m1/s1. The number of benzene rings is 2. The van der Waals surface area contributed by atoms with Gasteiger partial charge in [-0.05, 0) is 80.4 Å². The quantitative estimate of drug-likeness (QED) is 0.0714. The maximum atomic E-state index is 14.7. The molecule has 0 saturated carbocycles. The summed E-state index contributed by atoms with van der Waals surface area (Å²) in [6.45, 7) is 4.28. The Bertz CT molecular complexity index is 1540. The number of hydrogen-bond acceptors (Lipinski definition) is 10. The molecule has 2 unspecified atom stereocenters. The predicted molar refractivity (Wildman–Crippen MR) is 216 cm³/mol. The number of nitrogens with zero attached hydrogens (tertiary/aromatic N) is 1. The first-order valence-electron chi connectivity index (χ1n) is 19.3. The molecular weight excluding hydrogens is 727 g/mol. The number of nitrogens with one attached hydrogen (secondary N) is 1. The van der Waals surface area contributed by atoms with E-state index in [1.54, 1.807) is 31.3 Å². The number of esters is 1. The van der Waals surface area contributed by atoms with E-state index < -0.39 is 36.3 Å². The number of β-lactam (4-membered cyclic amide) rings is 1. The highest BCUT2D eigenvalue weighted by molar-refractivity contribution is 8.00. The first-order valence-corrected chi connectivity index (χ1v) is 22.7. The summed E-state index contributed by atoms with van der Waals surface area (Å²) in [4.78, 5) is 57.6. The van der Waals surface area contributed by atoms with Crippen molar-refractivity contribution >= 4 is 47.6 Å². The average molecular weight is 787 g/mol. The summed E-state index contributed by atoms with van der Waals surface area (Å²) in [5.41, 5.74) is 1.23. The van der Waals surface area contributed by atoms with Crippen LogP contribution in [0.5, 0.6) is 11.5 Å². The van der Waals surface area contributed by atoms with Crippen LogP contribution in [-0.4, -0.2) is 109 Å². The lowest BCUT2D eigenvalue weighted by Gasteiger charge is -2.49. The molecule has 2 aromatic carbocycles. The minimum Gasteiger partial charge on any atom is -0.497 e. The number of likely N-dealkylation sites (tertiary alicyclic amines) is 1. The Morgan fingerprint density at radius 3 is 2.13 bits per heavy atom. The number of methoxy groups -OCH3 is 2. The Morgan fingerprint density at radius 1 is 0.889 bits per heavy atom. The van der Waals surface area contributed by atoms with Gasteiger partial charge in [0, 0.05) is 7.11 Å². The lowest BCUT2D eigenvalue weighted by molar-refractivity contribution is -0.146. The van der Waals surface area contributed by atoms with Crippen molar-refractivity contribution < 1.29 is 42.9 Å². The number of rotatable bonds is 24. The van der Waals surface area contributed by atoms with Crippen molar-refractivity contribution in [2.24, 2.45) is 0 Å². The van der Waals surface area contributed by atoms with Gasteiger partial charge in [-0.25, -0.2) is 4.79 Å². The fourth-order valence-electron chi connectivity index (χ4n) is 6.88. The summed E-state index contributed by atoms with van der Waals surface area (Å²) in [6.07, 6.45) is 8.61. The fraction of sp³-hybridized carbons (Fsp3) is 0.585. The van der Waals surface area contributed by atoms with Crippen molar-refractivity contribution in [3.8, 4) is 11.5 Å². The summed E-state index contributed by atoms with van der Waals surface area (Å²) < 4.78 is 28.3. The highest BCUT2D eigenvalue weighted by Gasteiger charge is 2.54. The number of Topliss-reactive ketones (excluding diaryl/α,β-unsaturated/α-hetero) is 1. The molecule has 2 heterocycles. The number of ketones is 1. The molecule has 13 heteroatoms. The topological polar surface area (TPSA) is 130 Å². The molecule has 4 atom stereocenters. The maximum absolute atomic E-state index is 14.7. The molecular formula is C41H59N2O9PS. The van der Waals surface area contributed by atoms with Crippen LogP contribution in [0.3, 0.4) is 0 Å². The largest absolute Gasteiger partial charge is 0.497 e. The van der Waals surface area contributed by atoms with Crippen molar-refractivity contribution in [2.45, 2.75) is 102 Å². The van der Waals surface area contributed by atoms with Crippen molar-refractivity contribution in [2.75, 3.05) is 51.7 Å². The monoisotopic (exact) mass is 786 g/mol. The van der Waals surface area contributed by atoms with Gasteiger partial charge in [0.15, 0.2) is 12.4 Å². The van der Waals surface area contributed by atoms with Crippen LogP contribution in [0.25, 0.3) is 0 Å². The van der Waals surface area contributed by atoms with E-state index >= 15 is 0 Å². The van der Waals surface area contributed by atoms with E-state index in [9.17, 15) is 19.2 Å². The molecule has 2 saturated heterocycles. The number of amides is 2. The predicted octanol–water partition coefficient (Wildman–Crippen LogP) is 6.51. The van der Waals surface area contributed by atoms with Crippen molar-refractivity contribution in [3.63, 3.8) is 0 Å². The van der Waals surface area contributed by atoms with Crippen LogP contribution in [0.1, 0.15) is 77.7 Å². The van der Waals surface area contributed by atoms with Crippen LogP contribution >= 0.6 is 18.6 Å². The zero-order valence-electron chi connectivity index (χ0n) is 32.6. The van der Waals surface area contributed by atoms with Crippen LogP contribution in [0.15, 0.2) is 54.6 Å². The normalized spacial score (nSPS) is 19.6. The van der Waals surface area contributed by atoms with Gasteiger partial charge in [-0.15, -0.1) is 11.8 Å². The first kappa shape index (κ1) is 43.4. The second-order valence-corrected chi connectivity index (χ2v) is 19.1. The maximum Gasteiger partial charge on any atom is 0.355 e. The van der Waals surface area contributed by atoms with Crippen LogP contribution in [0, 0.1) is 0 Å². The van der Waals surface area contributed by atoms with Crippen LogP contribution < -0.4 is 14.8 Å². The zero-order chi connectivity index (χ0) is 38.9. The van der Waals surface area contributed by atoms with Gasteiger partial charge in [-0.1, -0.05) is 77.3 Å². The van der Waals surface area contributed by atoms with E-state index in [0.717, 1.165) is 69.0 Å². The third-order valence-corrected chi connectivity index (χ3v) is 16.0. The number of carbonyl (C=O) groups excluding carboxylic acids is 4. The molecule has 298 valence electrons. The highest BCUT2D eigenvalue weighted by Crippen LogP contribution is 2.54.